The maximum atomic E-state index is 13.3. The number of carbonyl (C=O) groups excluding carboxylic acids is 1. The van der Waals surface area contributed by atoms with Gasteiger partial charge in [0.25, 0.3) is 11.6 Å². The zero-order valence-corrected chi connectivity index (χ0v) is 12.1. The maximum Gasteiger partial charge on any atom is 0.282 e. The van der Waals surface area contributed by atoms with E-state index in [1.54, 1.807) is 7.05 Å². The number of halogens is 1. The van der Waals surface area contributed by atoms with Crippen molar-refractivity contribution in [1.82, 2.24) is 9.80 Å². The van der Waals surface area contributed by atoms with E-state index >= 15 is 0 Å². The molecule has 0 aliphatic carbocycles. The fraction of sp³-hybridized carbons (Fsp3) is 0.500. The fourth-order valence-corrected chi connectivity index (χ4v) is 2.65. The van der Waals surface area contributed by atoms with Crippen molar-refractivity contribution in [1.29, 1.82) is 0 Å². The van der Waals surface area contributed by atoms with Gasteiger partial charge in [-0.05, 0) is 38.6 Å². The summed E-state index contributed by atoms with van der Waals surface area (Å²) in [7, 11) is 3.58. The average molecular weight is 295 g/mol. The molecule has 0 spiro atoms. The highest BCUT2D eigenvalue weighted by Crippen LogP contribution is 2.23. The second-order valence-corrected chi connectivity index (χ2v) is 5.39. The first-order chi connectivity index (χ1) is 9.90. The lowest BCUT2D eigenvalue weighted by Crippen LogP contribution is -2.47. The summed E-state index contributed by atoms with van der Waals surface area (Å²) < 4.78 is 13.3. The molecule has 21 heavy (non-hydrogen) atoms. The number of nitrogens with zero attached hydrogens (tertiary/aromatic N) is 3. The van der Waals surface area contributed by atoms with Crippen LogP contribution in [-0.2, 0) is 0 Å². The van der Waals surface area contributed by atoms with Gasteiger partial charge in [-0.1, -0.05) is 0 Å². The van der Waals surface area contributed by atoms with Gasteiger partial charge in [0.05, 0.1) is 4.92 Å². The topological polar surface area (TPSA) is 66.7 Å². The molecule has 6 nitrogen and oxygen atoms in total. The van der Waals surface area contributed by atoms with Crippen molar-refractivity contribution in [3.8, 4) is 0 Å². The van der Waals surface area contributed by atoms with Crippen LogP contribution in [0.2, 0.25) is 0 Å². The summed E-state index contributed by atoms with van der Waals surface area (Å²) in [6.07, 6.45) is 1.81. The van der Waals surface area contributed by atoms with Gasteiger partial charge in [-0.2, -0.15) is 0 Å². The lowest BCUT2D eigenvalue weighted by Gasteiger charge is -2.35. The van der Waals surface area contributed by atoms with Gasteiger partial charge in [-0.25, -0.2) is 4.39 Å². The average Bonchev–Trinajstić information content (AvgIpc) is 2.45. The summed E-state index contributed by atoms with van der Waals surface area (Å²) in [5.41, 5.74) is -0.562. The molecule has 2 rings (SSSR count). The zero-order valence-electron chi connectivity index (χ0n) is 12.1. The maximum absolute atomic E-state index is 13.3. The number of hydrogen-bond acceptors (Lipinski definition) is 4. The van der Waals surface area contributed by atoms with E-state index in [1.807, 2.05) is 7.05 Å². The van der Waals surface area contributed by atoms with Gasteiger partial charge >= 0.3 is 0 Å². The molecule has 0 radical (unpaired) electrons. The van der Waals surface area contributed by atoms with Crippen LogP contribution in [0.15, 0.2) is 18.2 Å². The predicted molar refractivity (Wildman–Crippen MR) is 75.7 cm³/mol. The molecule has 1 atom stereocenters. The monoisotopic (exact) mass is 295 g/mol. The molecule has 1 amide bonds. The van der Waals surface area contributed by atoms with E-state index in [2.05, 4.69) is 4.90 Å². The number of carbonyl (C=O) groups is 1. The van der Waals surface area contributed by atoms with Crippen LogP contribution in [0.3, 0.4) is 0 Å². The molecule has 0 bridgehead atoms. The molecule has 0 saturated carbocycles. The van der Waals surface area contributed by atoms with E-state index in [4.69, 9.17) is 0 Å². The van der Waals surface area contributed by atoms with Crippen LogP contribution in [-0.4, -0.2) is 53.9 Å². The lowest BCUT2D eigenvalue weighted by atomic mass is 10.0. The van der Waals surface area contributed by atoms with E-state index in [0.29, 0.717) is 6.54 Å². The van der Waals surface area contributed by atoms with E-state index in [0.717, 1.165) is 37.6 Å². The van der Waals surface area contributed by atoms with Crippen LogP contribution in [0.1, 0.15) is 23.2 Å². The highest BCUT2D eigenvalue weighted by Gasteiger charge is 2.29. The number of piperidine rings is 1. The van der Waals surface area contributed by atoms with E-state index in [9.17, 15) is 19.3 Å². The molecule has 114 valence electrons. The SMILES string of the molecule is CN1CCCC(N(C)C(=O)c2cc(F)ccc2[N+](=O)[O-])C1. The Balaban J connectivity index is 2.26. The van der Waals surface area contributed by atoms with Crippen LogP contribution in [0, 0.1) is 15.9 Å². The van der Waals surface area contributed by atoms with Gasteiger partial charge in [0.1, 0.15) is 11.4 Å². The summed E-state index contributed by atoms with van der Waals surface area (Å²) in [4.78, 5) is 26.4. The van der Waals surface area contributed by atoms with Gasteiger partial charge < -0.3 is 9.80 Å². The van der Waals surface area contributed by atoms with Crippen molar-refractivity contribution >= 4 is 11.6 Å². The van der Waals surface area contributed by atoms with Crippen LogP contribution in [0.25, 0.3) is 0 Å². The minimum absolute atomic E-state index is 0.0147. The van der Waals surface area contributed by atoms with Crippen LogP contribution in [0.4, 0.5) is 10.1 Å². The Morgan fingerprint density at radius 2 is 2.24 bits per heavy atom. The standard InChI is InChI=1S/C14H18FN3O3/c1-16-7-3-4-11(9-16)17(2)14(19)12-8-10(15)5-6-13(12)18(20)21/h5-6,8,11H,3-4,7,9H2,1-2H3. The van der Waals surface area contributed by atoms with Gasteiger partial charge in [-0.3, -0.25) is 14.9 Å². The lowest BCUT2D eigenvalue weighted by molar-refractivity contribution is -0.385. The Morgan fingerprint density at radius 1 is 1.52 bits per heavy atom. The Kier molecular flexibility index (Phi) is 4.52. The second-order valence-electron chi connectivity index (χ2n) is 5.39. The minimum Gasteiger partial charge on any atom is -0.337 e. The largest absolute Gasteiger partial charge is 0.337 e. The summed E-state index contributed by atoms with van der Waals surface area (Å²) in [5.74, 6) is -1.17. The molecular formula is C14H18FN3O3. The number of benzene rings is 1. The first-order valence-corrected chi connectivity index (χ1v) is 6.80. The van der Waals surface area contributed by atoms with Crippen molar-refractivity contribution in [2.45, 2.75) is 18.9 Å². The van der Waals surface area contributed by atoms with E-state index in [1.165, 1.54) is 4.90 Å². The Hall–Kier alpha value is -2.02. The second kappa shape index (κ2) is 6.17. The molecule has 1 heterocycles. The van der Waals surface area contributed by atoms with Crippen LogP contribution < -0.4 is 0 Å². The number of hydrogen-bond donors (Lipinski definition) is 0. The van der Waals surface area contributed by atoms with Gasteiger partial charge in [0.2, 0.25) is 0 Å². The number of nitro benzene ring substituents is 1. The molecule has 1 aromatic carbocycles. The third-order valence-electron chi connectivity index (χ3n) is 3.85. The summed E-state index contributed by atoms with van der Waals surface area (Å²) in [6, 6.07) is 2.94. The van der Waals surface area contributed by atoms with E-state index in [-0.39, 0.29) is 17.3 Å². The summed E-state index contributed by atoms with van der Waals surface area (Å²) >= 11 is 0. The van der Waals surface area contributed by atoms with Crippen molar-refractivity contribution in [2.75, 3.05) is 27.2 Å². The van der Waals surface area contributed by atoms with Gasteiger partial charge in [0, 0.05) is 25.7 Å². The first kappa shape index (κ1) is 15.4. The molecule has 1 aliphatic rings. The Labute approximate surface area is 122 Å². The van der Waals surface area contributed by atoms with Crippen molar-refractivity contribution < 1.29 is 14.1 Å². The summed E-state index contributed by atoms with van der Waals surface area (Å²) in [6.45, 7) is 1.68. The molecule has 0 N–H and O–H groups in total. The molecule has 0 aromatic heterocycles. The molecule has 1 aliphatic heterocycles. The van der Waals surface area contributed by atoms with Gasteiger partial charge in [-0.15, -0.1) is 0 Å². The first-order valence-electron chi connectivity index (χ1n) is 6.80. The number of likely N-dealkylation sites (tertiary alicyclic amines) is 1. The number of nitro groups is 1. The molecule has 7 heteroatoms. The molecule has 1 fully saturated rings. The number of likely N-dealkylation sites (N-methyl/N-ethyl adjacent to an activating group) is 2. The van der Waals surface area contributed by atoms with Gasteiger partial charge in [0.15, 0.2) is 0 Å². The number of amides is 1. The highest BCUT2D eigenvalue weighted by atomic mass is 19.1. The minimum atomic E-state index is -0.659. The predicted octanol–water partition coefficient (Wildman–Crippen LogP) is 1.90. The third-order valence-corrected chi connectivity index (χ3v) is 3.85. The van der Waals surface area contributed by atoms with Crippen molar-refractivity contribution in [3.63, 3.8) is 0 Å². The molecule has 1 unspecified atom stereocenters. The van der Waals surface area contributed by atoms with Crippen LogP contribution >= 0.6 is 0 Å². The number of rotatable bonds is 3. The molecule has 1 saturated heterocycles. The third kappa shape index (κ3) is 3.36. The van der Waals surface area contributed by atoms with Crippen LogP contribution in [0.5, 0.6) is 0 Å². The quantitative estimate of drug-likeness (QED) is 0.631. The van der Waals surface area contributed by atoms with Crippen molar-refractivity contribution in [3.05, 3.63) is 39.7 Å². The molecule has 1 aromatic rings. The smallest absolute Gasteiger partial charge is 0.282 e. The Bertz CT molecular complexity index is 564. The molecular weight excluding hydrogens is 277 g/mol. The van der Waals surface area contributed by atoms with E-state index < -0.39 is 16.6 Å². The zero-order chi connectivity index (χ0) is 15.6. The normalized spacial score (nSPS) is 19.3. The Morgan fingerprint density at radius 3 is 2.86 bits per heavy atom. The van der Waals surface area contributed by atoms with Crippen molar-refractivity contribution in [2.24, 2.45) is 0 Å². The summed E-state index contributed by atoms with van der Waals surface area (Å²) in [5, 5.41) is 11.0. The highest BCUT2D eigenvalue weighted by molar-refractivity contribution is 5.98. The fourth-order valence-electron chi connectivity index (χ4n) is 2.65.